The minimum Gasteiger partial charge on any atom is -0.342 e. The Morgan fingerprint density at radius 1 is 1.20 bits per heavy atom. The van der Waals surface area contributed by atoms with Crippen LogP contribution >= 0.6 is 11.8 Å². The molecule has 1 saturated carbocycles. The Morgan fingerprint density at radius 3 is 2.64 bits per heavy atom. The Balaban J connectivity index is 1.55. The van der Waals surface area contributed by atoms with Gasteiger partial charge < -0.3 is 4.90 Å². The molecule has 4 rings (SSSR count). The summed E-state index contributed by atoms with van der Waals surface area (Å²) in [6.45, 7) is 3.94. The Kier molecular flexibility index (Phi) is 4.54. The van der Waals surface area contributed by atoms with E-state index in [1.165, 1.54) is 11.8 Å². The second kappa shape index (κ2) is 6.83. The molecule has 1 aromatic heterocycles. The standard InChI is InChI=1S/C19H23N3O2S/c1-13-8-10-21(11-9-13)17(23)12-25-19-20-16-5-3-2-4-15(16)18(24)22(19)14-6-7-14/h2-5,13-14H,6-12H2,1H3. The highest BCUT2D eigenvalue weighted by Crippen LogP contribution is 2.36. The Hall–Kier alpha value is -1.82. The quantitative estimate of drug-likeness (QED) is 0.623. The maximum Gasteiger partial charge on any atom is 0.262 e. The molecule has 25 heavy (non-hydrogen) atoms. The summed E-state index contributed by atoms with van der Waals surface area (Å²) in [5.41, 5.74) is 0.737. The SMILES string of the molecule is CC1CCN(C(=O)CSc2nc3ccccc3c(=O)n2C2CC2)CC1. The number of amides is 1. The molecule has 2 aliphatic rings. The van der Waals surface area contributed by atoms with Crippen LogP contribution in [0.5, 0.6) is 0 Å². The van der Waals surface area contributed by atoms with Crippen LogP contribution in [-0.4, -0.2) is 39.2 Å². The molecule has 2 heterocycles. The molecule has 1 amide bonds. The Bertz CT molecular complexity index is 851. The molecule has 0 radical (unpaired) electrons. The summed E-state index contributed by atoms with van der Waals surface area (Å²) < 4.78 is 1.80. The zero-order chi connectivity index (χ0) is 17.4. The van der Waals surface area contributed by atoms with E-state index in [1.807, 2.05) is 29.2 Å². The molecule has 0 spiro atoms. The van der Waals surface area contributed by atoms with Crippen molar-refractivity contribution >= 4 is 28.6 Å². The summed E-state index contributed by atoms with van der Waals surface area (Å²) in [5.74, 6) is 1.21. The van der Waals surface area contributed by atoms with Crippen molar-refractivity contribution in [2.75, 3.05) is 18.8 Å². The lowest BCUT2D eigenvalue weighted by atomic mass is 9.99. The van der Waals surface area contributed by atoms with Crippen LogP contribution in [0.1, 0.15) is 38.6 Å². The van der Waals surface area contributed by atoms with Gasteiger partial charge in [0.25, 0.3) is 5.56 Å². The van der Waals surface area contributed by atoms with Crippen LogP contribution in [-0.2, 0) is 4.79 Å². The van der Waals surface area contributed by atoms with Gasteiger partial charge >= 0.3 is 0 Å². The van der Waals surface area contributed by atoms with Gasteiger partial charge in [-0.2, -0.15) is 0 Å². The largest absolute Gasteiger partial charge is 0.342 e. The fourth-order valence-corrected chi connectivity index (χ4v) is 4.33. The molecule has 0 bridgehead atoms. The number of para-hydroxylation sites is 1. The van der Waals surface area contributed by atoms with E-state index in [2.05, 4.69) is 11.9 Å². The Labute approximate surface area is 151 Å². The lowest BCUT2D eigenvalue weighted by Gasteiger charge is -2.30. The van der Waals surface area contributed by atoms with Crippen LogP contribution in [0.15, 0.2) is 34.2 Å². The van der Waals surface area contributed by atoms with E-state index in [1.54, 1.807) is 4.57 Å². The number of aromatic nitrogens is 2. The molecule has 1 aliphatic carbocycles. The molecule has 0 N–H and O–H groups in total. The van der Waals surface area contributed by atoms with Gasteiger partial charge in [0, 0.05) is 19.1 Å². The lowest BCUT2D eigenvalue weighted by Crippen LogP contribution is -2.39. The normalized spacial score (nSPS) is 18.7. The second-order valence-electron chi connectivity index (χ2n) is 7.17. The molecule has 5 nitrogen and oxygen atoms in total. The Morgan fingerprint density at radius 2 is 1.92 bits per heavy atom. The zero-order valence-corrected chi connectivity index (χ0v) is 15.3. The number of hydrogen-bond acceptors (Lipinski definition) is 4. The summed E-state index contributed by atoms with van der Waals surface area (Å²) in [7, 11) is 0. The minimum atomic E-state index is 0.0230. The summed E-state index contributed by atoms with van der Waals surface area (Å²) in [4.78, 5) is 32.0. The maximum atomic E-state index is 12.8. The van der Waals surface area contributed by atoms with Gasteiger partial charge in [0.15, 0.2) is 5.16 Å². The first-order valence-corrected chi connectivity index (χ1v) is 10.0. The van der Waals surface area contributed by atoms with Gasteiger partial charge in [-0.05, 0) is 43.7 Å². The van der Waals surface area contributed by atoms with Crippen molar-refractivity contribution in [2.45, 2.75) is 43.8 Å². The van der Waals surface area contributed by atoms with Crippen LogP contribution in [0.25, 0.3) is 10.9 Å². The van der Waals surface area contributed by atoms with Crippen LogP contribution < -0.4 is 5.56 Å². The molecule has 0 atom stereocenters. The third-order valence-electron chi connectivity index (χ3n) is 5.15. The number of fused-ring (bicyclic) bond motifs is 1. The first kappa shape index (κ1) is 16.6. The number of piperidine rings is 1. The topological polar surface area (TPSA) is 55.2 Å². The molecular weight excluding hydrogens is 334 g/mol. The molecule has 2 aromatic rings. The zero-order valence-electron chi connectivity index (χ0n) is 14.5. The smallest absolute Gasteiger partial charge is 0.262 e. The van der Waals surface area contributed by atoms with Crippen molar-refractivity contribution in [3.63, 3.8) is 0 Å². The van der Waals surface area contributed by atoms with Crippen molar-refractivity contribution in [3.05, 3.63) is 34.6 Å². The molecule has 0 unspecified atom stereocenters. The number of carbonyl (C=O) groups is 1. The first-order chi connectivity index (χ1) is 12.1. The molecule has 6 heteroatoms. The number of benzene rings is 1. The van der Waals surface area contributed by atoms with E-state index in [0.29, 0.717) is 27.7 Å². The van der Waals surface area contributed by atoms with Crippen LogP contribution in [0.4, 0.5) is 0 Å². The van der Waals surface area contributed by atoms with Gasteiger partial charge in [-0.1, -0.05) is 30.8 Å². The van der Waals surface area contributed by atoms with Crippen molar-refractivity contribution in [1.82, 2.24) is 14.5 Å². The number of thioether (sulfide) groups is 1. The van der Waals surface area contributed by atoms with Gasteiger partial charge in [-0.3, -0.25) is 14.2 Å². The van der Waals surface area contributed by atoms with Crippen LogP contribution in [0.2, 0.25) is 0 Å². The third kappa shape index (κ3) is 3.45. The van der Waals surface area contributed by atoms with E-state index < -0.39 is 0 Å². The highest BCUT2D eigenvalue weighted by molar-refractivity contribution is 7.99. The van der Waals surface area contributed by atoms with Gasteiger partial charge in [-0.25, -0.2) is 4.98 Å². The summed E-state index contributed by atoms with van der Waals surface area (Å²) >= 11 is 1.41. The van der Waals surface area contributed by atoms with Gasteiger partial charge in [0.05, 0.1) is 16.7 Å². The molecular formula is C19H23N3O2S. The predicted molar refractivity (Wildman–Crippen MR) is 100.0 cm³/mol. The van der Waals surface area contributed by atoms with Gasteiger partial charge in [0.1, 0.15) is 0 Å². The summed E-state index contributed by atoms with van der Waals surface area (Å²) in [6, 6.07) is 7.71. The van der Waals surface area contributed by atoms with Crippen LogP contribution in [0, 0.1) is 5.92 Å². The average Bonchev–Trinajstić information content (AvgIpc) is 3.45. The predicted octanol–water partition coefficient (Wildman–Crippen LogP) is 3.08. The number of likely N-dealkylation sites (tertiary alicyclic amines) is 1. The fourth-order valence-electron chi connectivity index (χ4n) is 3.36. The number of nitrogens with zero attached hydrogens (tertiary/aromatic N) is 3. The maximum absolute atomic E-state index is 12.8. The second-order valence-corrected chi connectivity index (χ2v) is 8.11. The molecule has 2 fully saturated rings. The minimum absolute atomic E-state index is 0.0230. The first-order valence-electron chi connectivity index (χ1n) is 9.05. The van der Waals surface area contributed by atoms with E-state index in [0.717, 1.165) is 38.8 Å². The fraction of sp³-hybridized carbons (Fsp3) is 0.526. The summed E-state index contributed by atoms with van der Waals surface area (Å²) in [6.07, 6.45) is 4.20. The molecule has 1 aromatic carbocycles. The van der Waals surface area contributed by atoms with E-state index in [-0.39, 0.29) is 17.5 Å². The van der Waals surface area contributed by atoms with Gasteiger partial charge in [0.2, 0.25) is 5.91 Å². The molecule has 132 valence electrons. The van der Waals surface area contributed by atoms with Gasteiger partial charge in [-0.15, -0.1) is 0 Å². The molecule has 1 aliphatic heterocycles. The number of hydrogen-bond donors (Lipinski definition) is 0. The van der Waals surface area contributed by atoms with Crippen LogP contribution in [0.3, 0.4) is 0 Å². The van der Waals surface area contributed by atoms with Crippen molar-refractivity contribution in [1.29, 1.82) is 0 Å². The lowest BCUT2D eigenvalue weighted by molar-refractivity contribution is -0.129. The number of carbonyl (C=O) groups excluding carboxylic acids is 1. The molecule has 1 saturated heterocycles. The highest BCUT2D eigenvalue weighted by Gasteiger charge is 2.29. The third-order valence-corrected chi connectivity index (χ3v) is 6.09. The van der Waals surface area contributed by atoms with E-state index in [9.17, 15) is 9.59 Å². The number of rotatable bonds is 4. The van der Waals surface area contributed by atoms with Crippen molar-refractivity contribution in [2.24, 2.45) is 5.92 Å². The van der Waals surface area contributed by atoms with Crippen molar-refractivity contribution < 1.29 is 4.79 Å². The van der Waals surface area contributed by atoms with E-state index >= 15 is 0 Å². The van der Waals surface area contributed by atoms with Crippen molar-refractivity contribution in [3.8, 4) is 0 Å². The average molecular weight is 357 g/mol. The monoisotopic (exact) mass is 357 g/mol. The summed E-state index contributed by atoms with van der Waals surface area (Å²) in [5, 5.41) is 1.35. The highest BCUT2D eigenvalue weighted by atomic mass is 32.2. The van der Waals surface area contributed by atoms with E-state index in [4.69, 9.17) is 0 Å².